The summed E-state index contributed by atoms with van der Waals surface area (Å²) >= 11 is 0. The maximum atomic E-state index is 13.7. The first-order valence-corrected chi connectivity index (χ1v) is 15.2. The fraction of sp³-hybridized carbons (Fsp3) is 0.189. The summed E-state index contributed by atoms with van der Waals surface area (Å²) in [7, 11) is 2.02. The molecular formula is C37H33FN4O4. The first-order valence-electron chi connectivity index (χ1n) is 15.2. The Bertz CT molecular complexity index is 1950. The number of nitrogens with zero attached hydrogens (tertiary/aromatic N) is 4. The predicted molar refractivity (Wildman–Crippen MR) is 175 cm³/mol. The zero-order valence-electron chi connectivity index (χ0n) is 25.3. The van der Waals surface area contributed by atoms with E-state index >= 15 is 0 Å². The molecule has 0 saturated carbocycles. The number of rotatable bonds is 7. The molecule has 1 fully saturated rings. The lowest BCUT2D eigenvalue weighted by atomic mass is 10.0. The number of hydrogen-bond acceptors (Lipinski definition) is 6. The molecule has 1 saturated heterocycles. The van der Waals surface area contributed by atoms with Gasteiger partial charge >= 0.3 is 6.09 Å². The van der Waals surface area contributed by atoms with Crippen molar-refractivity contribution in [2.75, 3.05) is 33.2 Å². The quantitative estimate of drug-likeness (QED) is 0.208. The molecule has 2 aromatic heterocycles. The second-order valence-corrected chi connectivity index (χ2v) is 11.5. The average Bonchev–Trinajstić information content (AvgIpc) is 3.41. The summed E-state index contributed by atoms with van der Waals surface area (Å²) in [5.41, 5.74) is 3.07. The molecule has 0 atom stereocenters. The molecule has 4 aromatic carbocycles. The predicted octanol–water partition coefficient (Wildman–Crippen LogP) is 7.00. The van der Waals surface area contributed by atoms with Crippen LogP contribution in [0.4, 0.5) is 9.18 Å². The van der Waals surface area contributed by atoms with Crippen molar-refractivity contribution in [3.8, 4) is 17.4 Å². The Morgan fingerprint density at radius 2 is 1.50 bits per heavy atom. The highest BCUT2D eigenvalue weighted by Crippen LogP contribution is 2.48. The Balaban J connectivity index is 1.41. The number of ether oxygens (including phenoxy) is 2. The third kappa shape index (κ3) is 5.73. The van der Waals surface area contributed by atoms with Gasteiger partial charge in [-0.2, -0.15) is 0 Å². The van der Waals surface area contributed by atoms with Gasteiger partial charge < -0.3 is 28.9 Å². The third-order valence-electron chi connectivity index (χ3n) is 8.45. The van der Waals surface area contributed by atoms with Gasteiger partial charge in [-0.1, -0.05) is 72.8 Å². The monoisotopic (exact) mass is 616 g/mol. The minimum Gasteiger partial charge on any atom is -0.494 e. The standard InChI is InChI=1S/C37H33FN4O4/c1-40-19-21-41(22-20-40)37(44)46-34-29-13-8-18-39-32(29)35(45-33(26-9-4-2-5-10-26)27-11-6-3-7-12-27)31-30(34)24-42(36(31)43)23-25-14-16-28(38)17-15-25/h2-18,24,33,43H,19-23H2,1H3. The molecule has 0 spiro atoms. The number of likely N-dealkylation sites (N-methyl/N-ethyl adjacent to an activating group) is 1. The summed E-state index contributed by atoms with van der Waals surface area (Å²) in [4.78, 5) is 22.1. The van der Waals surface area contributed by atoms with Crippen LogP contribution >= 0.6 is 0 Å². The second-order valence-electron chi connectivity index (χ2n) is 11.5. The molecule has 0 aliphatic carbocycles. The smallest absolute Gasteiger partial charge is 0.415 e. The van der Waals surface area contributed by atoms with Crippen LogP contribution in [0.3, 0.4) is 0 Å². The Labute approximate surface area is 265 Å². The number of benzene rings is 4. The number of aromatic hydroxyl groups is 1. The molecule has 1 amide bonds. The molecule has 9 heteroatoms. The first kappa shape index (κ1) is 29.3. The van der Waals surface area contributed by atoms with E-state index in [0.29, 0.717) is 46.3 Å². The van der Waals surface area contributed by atoms with E-state index in [1.165, 1.54) is 12.1 Å². The molecule has 46 heavy (non-hydrogen) atoms. The van der Waals surface area contributed by atoms with Gasteiger partial charge in [-0.15, -0.1) is 0 Å². The first-order chi connectivity index (χ1) is 22.5. The van der Waals surface area contributed by atoms with E-state index in [1.807, 2.05) is 73.8 Å². The van der Waals surface area contributed by atoms with E-state index in [9.17, 15) is 14.3 Å². The highest BCUT2D eigenvalue weighted by atomic mass is 19.1. The lowest BCUT2D eigenvalue weighted by Crippen LogP contribution is -2.48. The summed E-state index contributed by atoms with van der Waals surface area (Å²) in [6, 6.07) is 29.4. The van der Waals surface area contributed by atoms with Crippen LogP contribution in [0.1, 0.15) is 22.8 Å². The van der Waals surface area contributed by atoms with Crippen LogP contribution in [0.5, 0.6) is 17.4 Å². The Morgan fingerprint density at radius 3 is 2.15 bits per heavy atom. The van der Waals surface area contributed by atoms with Crippen molar-refractivity contribution in [3.05, 3.63) is 132 Å². The van der Waals surface area contributed by atoms with Gasteiger partial charge in [0, 0.05) is 44.0 Å². The van der Waals surface area contributed by atoms with E-state index in [-0.39, 0.29) is 18.2 Å². The van der Waals surface area contributed by atoms with E-state index in [1.54, 1.807) is 40.1 Å². The van der Waals surface area contributed by atoms with Gasteiger partial charge in [0.05, 0.1) is 17.3 Å². The van der Waals surface area contributed by atoms with Gasteiger partial charge in [0.2, 0.25) is 5.88 Å². The number of hydrogen-bond donors (Lipinski definition) is 1. The molecule has 6 aromatic rings. The van der Waals surface area contributed by atoms with Crippen molar-refractivity contribution >= 4 is 27.8 Å². The molecule has 7 rings (SSSR count). The second kappa shape index (κ2) is 12.5. The topological polar surface area (TPSA) is 80.1 Å². The Hall–Kier alpha value is -5.41. The molecule has 0 unspecified atom stereocenters. The van der Waals surface area contributed by atoms with Crippen molar-refractivity contribution in [3.63, 3.8) is 0 Å². The molecule has 1 aliphatic heterocycles. The fourth-order valence-corrected chi connectivity index (χ4v) is 5.95. The van der Waals surface area contributed by atoms with Crippen LogP contribution in [0, 0.1) is 5.82 Å². The lowest BCUT2D eigenvalue weighted by molar-refractivity contribution is 0.121. The molecule has 8 nitrogen and oxygen atoms in total. The molecule has 0 bridgehead atoms. The van der Waals surface area contributed by atoms with Crippen LogP contribution < -0.4 is 9.47 Å². The zero-order valence-corrected chi connectivity index (χ0v) is 25.3. The molecular weight excluding hydrogens is 583 g/mol. The number of pyridine rings is 1. The van der Waals surface area contributed by atoms with E-state index in [4.69, 9.17) is 14.5 Å². The van der Waals surface area contributed by atoms with Crippen LogP contribution in [0.15, 0.2) is 109 Å². The minimum absolute atomic E-state index is 0.0846. The number of fused-ring (bicyclic) bond motifs is 2. The number of aromatic nitrogens is 2. The fourth-order valence-electron chi connectivity index (χ4n) is 5.95. The number of carbonyl (C=O) groups is 1. The van der Waals surface area contributed by atoms with Crippen LogP contribution in [0.25, 0.3) is 21.7 Å². The van der Waals surface area contributed by atoms with E-state index in [2.05, 4.69) is 4.90 Å². The molecule has 0 radical (unpaired) electrons. The summed E-state index contributed by atoms with van der Waals surface area (Å²) < 4.78 is 28.4. The van der Waals surface area contributed by atoms with Gasteiger partial charge in [-0.05, 0) is 48.0 Å². The zero-order chi connectivity index (χ0) is 31.6. The number of amides is 1. The summed E-state index contributed by atoms with van der Waals surface area (Å²) in [5, 5.41) is 13.3. The van der Waals surface area contributed by atoms with E-state index in [0.717, 1.165) is 29.8 Å². The maximum Gasteiger partial charge on any atom is 0.415 e. The van der Waals surface area contributed by atoms with Crippen molar-refractivity contribution in [1.29, 1.82) is 0 Å². The largest absolute Gasteiger partial charge is 0.494 e. The minimum atomic E-state index is -0.533. The Kier molecular flexibility index (Phi) is 7.98. The highest BCUT2D eigenvalue weighted by molar-refractivity contribution is 6.12. The van der Waals surface area contributed by atoms with Gasteiger partial charge in [-0.25, -0.2) is 9.18 Å². The van der Waals surface area contributed by atoms with E-state index < -0.39 is 12.2 Å². The normalized spacial score (nSPS) is 13.8. The average molecular weight is 617 g/mol. The van der Waals surface area contributed by atoms with Crippen molar-refractivity contribution < 1.29 is 23.8 Å². The van der Waals surface area contributed by atoms with Gasteiger partial charge in [-0.3, -0.25) is 4.98 Å². The van der Waals surface area contributed by atoms with Crippen LogP contribution in [0.2, 0.25) is 0 Å². The van der Waals surface area contributed by atoms with Crippen molar-refractivity contribution in [1.82, 2.24) is 19.4 Å². The van der Waals surface area contributed by atoms with Gasteiger partial charge in [0.25, 0.3) is 0 Å². The Morgan fingerprint density at radius 1 is 0.848 bits per heavy atom. The van der Waals surface area contributed by atoms with Crippen molar-refractivity contribution in [2.24, 2.45) is 0 Å². The van der Waals surface area contributed by atoms with Crippen molar-refractivity contribution in [2.45, 2.75) is 12.6 Å². The molecule has 232 valence electrons. The maximum absolute atomic E-state index is 13.7. The number of piperazine rings is 1. The highest BCUT2D eigenvalue weighted by Gasteiger charge is 2.29. The third-order valence-corrected chi connectivity index (χ3v) is 8.45. The summed E-state index contributed by atoms with van der Waals surface area (Å²) in [5.74, 6) is 0.222. The van der Waals surface area contributed by atoms with Crippen LogP contribution in [-0.2, 0) is 6.54 Å². The van der Waals surface area contributed by atoms with Crippen LogP contribution in [-0.4, -0.2) is 63.8 Å². The number of carbonyl (C=O) groups excluding carboxylic acids is 1. The molecule has 1 aliphatic rings. The van der Waals surface area contributed by atoms with Gasteiger partial charge in [0.1, 0.15) is 17.4 Å². The number of halogens is 1. The molecule has 1 N–H and O–H groups in total. The summed E-state index contributed by atoms with van der Waals surface area (Å²) in [6.07, 6.45) is 2.40. The van der Waals surface area contributed by atoms with Gasteiger partial charge in [0.15, 0.2) is 11.5 Å². The lowest BCUT2D eigenvalue weighted by Gasteiger charge is -2.31. The SMILES string of the molecule is CN1CCN(C(=O)Oc2c3cccnc3c(OC(c3ccccc3)c3ccccc3)c3c(O)n(Cc4ccc(F)cc4)cc23)CC1. The molecule has 3 heterocycles. The summed E-state index contributed by atoms with van der Waals surface area (Å²) in [6.45, 7) is 2.82.